The summed E-state index contributed by atoms with van der Waals surface area (Å²) in [6.07, 6.45) is 4.09. The highest BCUT2D eigenvalue weighted by atomic mass is 16.5. The van der Waals surface area contributed by atoms with Crippen LogP contribution in [0.15, 0.2) is 36.5 Å². The largest absolute Gasteiger partial charge is 0.491 e. The number of fused-ring (bicyclic) bond motifs is 1. The third-order valence-corrected chi connectivity index (χ3v) is 3.09. The number of pyridine rings is 1. The normalized spacial score (nSPS) is 12.6. The fourth-order valence-electron chi connectivity index (χ4n) is 2.05. The summed E-state index contributed by atoms with van der Waals surface area (Å²) in [6, 6.07) is 10.4. The van der Waals surface area contributed by atoms with E-state index in [1.165, 1.54) is 0 Å². The van der Waals surface area contributed by atoms with Gasteiger partial charge in [0.15, 0.2) is 0 Å². The molecule has 0 aliphatic rings. The van der Waals surface area contributed by atoms with Gasteiger partial charge in [-0.25, -0.2) is 0 Å². The van der Waals surface area contributed by atoms with E-state index in [0.717, 1.165) is 29.5 Å². The van der Waals surface area contributed by atoms with Crippen LogP contribution >= 0.6 is 0 Å². The summed E-state index contributed by atoms with van der Waals surface area (Å²) in [7, 11) is 1.98. The van der Waals surface area contributed by atoms with Crippen molar-refractivity contribution in [1.29, 1.82) is 0 Å². The highest BCUT2D eigenvalue weighted by Gasteiger charge is 2.07. The monoisotopic (exact) mass is 244 g/mol. The van der Waals surface area contributed by atoms with E-state index in [9.17, 15) is 0 Å². The Hall–Kier alpha value is -1.61. The molecular formula is C15H20N2O. The number of rotatable bonds is 6. The Morgan fingerprint density at radius 1 is 1.28 bits per heavy atom. The predicted octanol–water partition coefficient (Wildman–Crippen LogP) is 3.00. The van der Waals surface area contributed by atoms with Gasteiger partial charge >= 0.3 is 0 Å². The lowest BCUT2D eigenvalue weighted by atomic mass is 10.2. The zero-order valence-corrected chi connectivity index (χ0v) is 11.0. The van der Waals surface area contributed by atoms with Crippen molar-refractivity contribution in [3.8, 4) is 5.75 Å². The summed E-state index contributed by atoms with van der Waals surface area (Å²) in [5.41, 5.74) is 0.978. The zero-order valence-electron chi connectivity index (χ0n) is 11.0. The second-order valence-electron chi connectivity index (χ2n) is 4.41. The average Bonchev–Trinajstić information content (AvgIpc) is 2.43. The Morgan fingerprint density at radius 3 is 2.94 bits per heavy atom. The summed E-state index contributed by atoms with van der Waals surface area (Å²) in [5.74, 6) is 0.914. The third-order valence-electron chi connectivity index (χ3n) is 3.09. The molecule has 1 aromatic heterocycles. The van der Waals surface area contributed by atoms with Crippen LogP contribution in [0.5, 0.6) is 5.75 Å². The third kappa shape index (κ3) is 2.99. The van der Waals surface area contributed by atoms with Gasteiger partial charge in [0.25, 0.3) is 0 Å². The zero-order chi connectivity index (χ0) is 12.8. The van der Waals surface area contributed by atoms with Crippen molar-refractivity contribution in [1.82, 2.24) is 10.3 Å². The number of ether oxygens (including phenoxy) is 1. The minimum atomic E-state index is 0.405. The molecule has 1 N–H and O–H groups in total. The number of likely N-dealkylation sites (N-methyl/N-ethyl adjacent to an activating group) is 1. The van der Waals surface area contributed by atoms with Gasteiger partial charge in [0.1, 0.15) is 12.4 Å². The quantitative estimate of drug-likeness (QED) is 0.848. The number of hydrogen-bond acceptors (Lipinski definition) is 3. The first-order valence-corrected chi connectivity index (χ1v) is 6.49. The highest BCUT2D eigenvalue weighted by Crippen LogP contribution is 2.23. The van der Waals surface area contributed by atoms with Crippen LogP contribution in [-0.2, 0) is 0 Å². The summed E-state index contributed by atoms with van der Waals surface area (Å²) in [4.78, 5) is 4.33. The van der Waals surface area contributed by atoms with Crippen LogP contribution in [0.3, 0.4) is 0 Å². The molecule has 1 aromatic carbocycles. The molecule has 0 radical (unpaired) electrons. The second kappa shape index (κ2) is 6.36. The van der Waals surface area contributed by atoms with Crippen molar-refractivity contribution in [3.05, 3.63) is 36.5 Å². The fraction of sp³-hybridized carbons (Fsp3) is 0.400. The molecule has 0 saturated heterocycles. The molecule has 3 heteroatoms. The first kappa shape index (κ1) is 12.8. The van der Waals surface area contributed by atoms with Crippen LogP contribution in [0, 0.1) is 0 Å². The molecule has 2 aromatic rings. The lowest BCUT2D eigenvalue weighted by Crippen LogP contribution is -2.31. The molecule has 3 nitrogen and oxygen atoms in total. The first-order chi connectivity index (χ1) is 8.85. The van der Waals surface area contributed by atoms with Gasteiger partial charge in [-0.05, 0) is 37.7 Å². The van der Waals surface area contributed by atoms with Gasteiger partial charge in [-0.3, -0.25) is 4.98 Å². The Labute approximate surface area is 108 Å². The summed E-state index contributed by atoms with van der Waals surface area (Å²) in [6.45, 7) is 2.88. The Kier molecular flexibility index (Phi) is 4.53. The second-order valence-corrected chi connectivity index (χ2v) is 4.41. The minimum absolute atomic E-state index is 0.405. The molecular weight excluding hydrogens is 224 g/mol. The van der Waals surface area contributed by atoms with E-state index < -0.39 is 0 Å². The standard InChI is InChI=1S/C15H20N2O/c1-3-6-12(16-2)11-18-15-9-4-8-14-13(15)7-5-10-17-14/h4-5,7-10,12,16H,3,6,11H2,1-2H3. The molecule has 1 unspecified atom stereocenters. The maximum Gasteiger partial charge on any atom is 0.128 e. The van der Waals surface area contributed by atoms with E-state index in [4.69, 9.17) is 4.74 Å². The van der Waals surface area contributed by atoms with Crippen molar-refractivity contribution in [3.63, 3.8) is 0 Å². The van der Waals surface area contributed by atoms with Gasteiger partial charge in [-0.15, -0.1) is 0 Å². The number of hydrogen-bond donors (Lipinski definition) is 1. The van der Waals surface area contributed by atoms with Crippen molar-refractivity contribution in [2.45, 2.75) is 25.8 Å². The van der Waals surface area contributed by atoms with E-state index >= 15 is 0 Å². The highest BCUT2D eigenvalue weighted by molar-refractivity contribution is 5.84. The molecule has 0 aliphatic heterocycles. The molecule has 18 heavy (non-hydrogen) atoms. The Morgan fingerprint density at radius 2 is 2.17 bits per heavy atom. The number of aromatic nitrogens is 1. The smallest absolute Gasteiger partial charge is 0.128 e. The molecule has 0 fully saturated rings. The molecule has 0 spiro atoms. The van der Waals surface area contributed by atoms with E-state index in [-0.39, 0.29) is 0 Å². The molecule has 0 bridgehead atoms. The molecule has 0 amide bonds. The minimum Gasteiger partial charge on any atom is -0.491 e. The van der Waals surface area contributed by atoms with Crippen LogP contribution in [-0.4, -0.2) is 24.7 Å². The van der Waals surface area contributed by atoms with Crippen molar-refractivity contribution in [2.75, 3.05) is 13.7 Å². The van der Waals surface area contributed by atoms with Crippen LogP contribution in [0.1, 0.15) is 19.8 Å². The fourth-order valence-corrected chi connectivity index (χ4v) is 2.05. The number of benzene rings is 1. The lowest BCUT2D eigenvalue weighted by molar-refractivity contribution is 0.265. The van der Waals surface area contributed by atoms with Gasteiger partial charge in [-0.2, -0.15) is 0 Å². The lowest BCUT2D eigenvalue weighted by Gasteiger charge is -2.17. The van der Waals surface area contributed by atoms with Gasteiger partial charge in [0.05, 0.1) is 5.52 Å². The van der Waals surface area contributed by atoms with Crippen molar-refractivity contribution in [2.24, 2.45) is 0 Å². The SMILES string of the molecule is CCCC(COc1cccc2ncccc12)NC. The van der Waals surface area contributed by atoms with Crippen molar-refractivity contribution >= 4 is 10.9 Å². The van der Waals surface area contributed by atoms with E-state index in [0.29, 0.717) is 12.6 Å². The molecule has 0 saturated carbocycles. The first-order valence-electron chi connectivity index (χ1n) is 6.49. The molecule has 96 valence electrons. The number of nitrogens with one attached hydrogen (secondary N) is 1. The molecule has 2 rings (SSSR count). The van der Waals surface area contributed by atoms with Crippen LogP contribution in [0.4, 0.5) is 0 Å². The van der Waals surface area contributed by atoms with E-state index in [1.54, 1.807) is 6.20 Å². The van der Waals surface area contributed by atoms with Gasteiger partial charge in [0, 0.05) is 17.6 Å². The molecule has 0 aliphatic carbocycles. The van der Waals surface area contributed by atoms with Gasteiger partial charge < -0.3 is 10.1 Å². The Bertz CT molecular complexity index is 493. The van der Waals surface area contributed by atoms with Crippen LogP contribution in [0.25, 0.3) is 10.9 Å². The topological polar surface area (TPSA) is 34.1 Å². The summed E-state index contributed by atoms with van der Waals surface area (Å²) in [5, 5.41) is 4.36. The average molecular weight is 244 g/mol. The predicted molar refractivity (Wildman–Crippen MR) is 75.0 cm³/mol. The maximum atomic E-state index is 5.92. The Balaban J connectivity index is 2.11. The van der Waals surface area contributed by atoms with Gasteiger partial charge in [-0.1, -0.05) is 19.4 Å². The molecule has 1 heterocycles. The summed E-state index contributed by atoms with van der Waals surface area (Å²) >= 11 is 0. The van der Waals surface area contributed by atoms with Crippen LogP contribution < -0.4 is 10.1 Å². The van der Waals surface area contributed by atoms with Gasteiger partial charge in [0.2, 0.25) is 0 Å². The van der Waals surface area contributed by atoms with Crippen LogP contribution in [0.2, 0.25) is 0 Å². The summed E-state index contributed by atoms with van der Waals surface area (Å²) < 4.78 is 5.92. The van der Waals surface area contributed by atoms with E-state index in [2.05, 4.69) is 17.2 Å². The number of nitrogens with zero attached hydrogens (tertiary/aromatic N) is 1. The molecule has 1 atom stereocenters. The van der Waals surface area contributed by atoms with Crippen molar-refractivity contribution < 1.29 is 4.74 Å². The maximum absolute atomic E-state index is 5.92. The van der Waals surface area contributed by atoms with E-state index in [1.807, 2.05) is 37.4 Å².